The highest BCUT2D eigenvalue weighted by Gasteiger charge is 2.04. The quantitative estimate of drug-likeness (QED) is 0.677. The summed E-state index contributed by atoms with van der Waals surface area (Å²) in [6, 6.07) is 4.71. The fourth-order valence-electron chi connectivity index (χ4n) is 1.03. The van der Waals surface area contributed by atoms with Gasteiger partial charge in [0.15, 0.2) is 11.5 Å². The van der Waals surface area contributed by atoms with Crippen LogP contribution in [0.2, 0.25) is 0 Å². The topological polar surface area (TPSA) is 35.5 Å². The Morgan fingerprint density at radius 1 is 1.43 bits per heavy atom. The Hall–Kier alpha value is -1.58. The van der Waals surface area contributed by atoms with Crippen molar-refractivity contribution in [1.82, 2.24) is 0 Å². The largest absolute Gasteiger partial charge is 0.493 e. The van der Waals surface area contributed by atoms with Gasteiger partial charge in [-0.3, -0.25) is 4.79 Å². The Morgan fingerprint density at radius 2 is 2.21 bits per heavy atom. The van der Waals surface area contributed by atoms with Crippen molar-refractivity contribution in [2.24, 2.45) is 0 Å². The lowest BCUT2D eigenvalue weighted by molar-refractivity contribution is 0.112. The predicted molar refractivity (Wildman–Crippen MR) is 49.9 cm³/mol. The van der Waals surface area contributed by atoms with Crippen molar-refractivity contribution < 1.29 is 18.7 Å². The van der Waals surface area contributed by atoms with Crippen LogP contribution in [0.15, 0.2) is 18.2 Å². The van der Waals surface area contributed by atoms with Crippen LogP contribution in [0.4, 0.5) is 4.39 Å². The van der Waals surface area contributed by atoms with Gasteiger partial charge in [0.05, 0.1) is 7.11 Å². The van der Waals surface area contributed by atoms with E-state index >= 15 is 0 Å². The van der Waals surface area contributed by atoms with Crippen LogP contribution in [0.1, 0.15) is 10.4 Å². The first-order chi connectivity index (χ1) is 6.81. The molecule has 1 aromatic carbocycles. The van der Waals surface area contributed by atoms with Crippen LogP contribution in [0.5, 0.6) is 11.5 Å². The molecule has 0 unspecified atom stereocenters. The van der Waals surface area contributed by atoms with Gasteiger partial charge in [0, 0.05) is 5.56 Å². The number of carbonyl (C=O) groups is 1. The lowest BCUT2D eigenvalue weighted by Crippen LogP contribution is -2.00. The van der Waals surface area contributed by atoms with E-state index in [0.29, 0.717) is 23.3 Å². The lowest BCUT2D eigenvalue weighted by atomic mass is 10.2. The van der Waals surface area contributed by atoms with Gasteiger partial charge in [0.1, 0.15) is 19.6 Å². The summed E-state index contributed by atoms with van der Waals surface area (Å²) in [5.74, 6) is 0.874. The Morgan fingerprint density at radius 3 is 2.79 bits per heavy atom. The van der Waals surface area contributed by atoms with Gasteiger partial charge in [-0.2, -0.15) is 0 Å². The lowest BCUT2D eigenvalue weighted by Gasteiger charge is -2.09. The summed E-state index contributed by atoms with van der Waals surface area (Å²) in [6.07, 6.45) is 0.710. The Bertz CT molecular complexity index is 312. The summed E-state index contributed by atoms with van der Waals surface area (Å²) in [6.45, 7) is -0.574. The van der Waals surface area contributed by atoms with Gasteiger partial charge >= 0.3 is 0 Å². The summed E-state index contributed by atoms with van der Waals surface area (Å²) in [5.41, 5.74) is 0.495. The molecule has 0 saturated carbocycles. The molecule has 0 aromatic heterocycles. The summed E-state index contributed by atoms with van der Waals surface area (Å²) in [5, 5.41) is 0. The molecular weight excluding hydrogens is 187 g/mol. The average molecular weight is 198 g/mol. The Balaban J connectivity index is 2.87. The number of halogens is 1. The second-order valence-electron chi connectivity index (χ2n) is 2.57. The molecule has 0 atom stereocenters. The molecule has 76 valence electrons. The van der Waals surface area contributed by atoms with Gasteiger partial charge in [0.25, 0.3) is 0 Å². The number of hydrogen-bond acceptors (Lipinski definition) is 3. The third kappa shape index (κ3) is 2.45. The molecule has 0 spiro atoms. The van der Waals surface area contributed by atoms with Crippen LogP contribution in [0, 0.1) is 0 Å². The van der Waals surface area contributed by atoms with Crippen molar-refractivity contribution in [2.75, 3.05) is 20.4 Å². The molecule has 0 aliphatic carbocycles. The zero-order chi connectivity index (χ0) is 10.4. The smallest absolute Gasteiger partial charge is 0.161 e. The molecular formula is C10H11FO3. The molecule has 3 nitrogen and oxygen atoms in total. The maximum Gasteiger partial charge on any atom is 0.161 e. The van der Waals surface area contributed by atoms with Crippen molar-refractivity contribution in [3.05, 3.63) is 23.8 Å². The molecule has 0 radical (unpaired) electrons. The molecule has 0 fully saturated rings. The van der Waals surface area contributed by atoms with Gasteiger partial charge in [-0.1, -0.05) is 0 Å². The SMILES string of the molecule is COc1cc(C=O)ccc1OCCF. The summed E-state index contributed by atoms with van der Waals surface area (Å²) in [7, 11) is 1.46. The number of alkyl halides is 1. The van der Waals surface area contributed by atoms with Crippen LogP contribution >= 0.6 is 0 Å². The fourth-order valence-corrected chi connectivity index (χ4v) is 1.03. The van der Waals surface area contributed by atoms with Crippen molar-refractivity contribution in [3.8, 4) is 11.5 Å². The first-order valence-corrected chi connectivity index (χ1v) is 4.13. The average Bonchev–Trinajstić information content (AvgIpc) is 2.26. The van der Waals surface area contributed by atoms with E-state index in [4.69, 9.17) is 9.47 Å². The van der Waals surface area contributed by atoms with E-state index in [9.17, 15) is 9.18 Å². The number of ether oxygens (including phenoxy) is 2. The molecule has 0 saturated heterocycles. The number of aldehydes is 1. The molecule has 0 N–H and O–H groups in total. The first-order valence-electron chi connectivity index (χ1n) is 4.13. The van der Waals surface area contributed by atoms with Gasteiger partial charge in [-0.15, -0.1) is 0 Å². The van der Waals surface area contributed by atoms with Crippen LogP contribution in [-0.4, -0.2) is 26.7 Å². The number of rotatable bonds is 5. The molecule has 1 rings (SSSR count). The Kier molecular flexibility index (Phi) is 3.91. The monoisotopic (exact) mass is 198 g/mol. The fraction of sp³-hybridized carbons (Fsp3) is 0.300. The predicted octanol–water partition coefficient (Wildman–Crippen LogP) is 1.86. The maximum atomic E-state index is 11.8. The van der Waals surface area contributed by atoms with Crippen molar-refractivity contribution in [1.29, 1.82) is 0 Å². The molecule has 14 heavy (non-hydrogen) atoms. The van der Waals surface area contributed by atoms with E-state index < -0.39 is 6.67 Å². The van der Waals surface area contributed by atoms with Gasteiger partial charge < -0.3 is 9.47 Å². The zero-order valence-corrected chi connectivity index (χ0v) is 7.83. The standard InChI is InChI=1S/C10H11FO3/c1-13-10-6-8(7-12)2-3-9(10)14-5-4-11/h2-3,6-7H,4-5H2,1H3. The highest BCUT2D eigenvalue weighted by Crippen LogP contribution is 2.27. The molecule has 0 bridgehead atoms. The van der Waals surface area contributed by atoms with Crippen molar-refractivity contribution >= 4 is 6.29 Å². The first kappa shape index (κ1) is 10.5. The molecule has 0 heterocycles. The van der Waals surface area contributed by atoms with Crippen molar-refractivity contribution in [2.45, 2.75) is 0 Å². The van der Waals surface area contributed by atoms with Crippen molar-refractivity contribution in [3.63, 3.8) is 0 Å². The third-order valence-corrected chi connectivity index (χ3v) is 1.66. The van der Waals surface area contributed by atoms with E-state index in [1.165, 1.54) is 7.11 Å². The van der Waals surface area contributed by atoms with Gasteiger partial charge in [-0.05, 0) is 18.2 Å². The van der Waals surface area contributed by atoms with E-state index in [2.05, 4.69) is 0 Å². The van der Waals surface area contributed by atoms with E-state index in [-0.39, 0.29) is 6.61 Å². The minimum absolute atomic E-state index is 0.0171. The molecule has 0 aliphatic heterocycles. The normalized spacial score (nSPS) is 9.57. The van der Waals surface area contributed by atoms with E-state index in [1.807, 2.05) is 0 Å². The second-order valence-corrected chi connectivity index (χ2v) is 2.57. The summed E-state index contributed by atoms with van der Waals surface area (Å²) >= 11 is 0. The highest BCUT2D eigenvalue weighted by atomic mass is 19.1. The minimum Gasteiger partial charge on any atom is -0.493 e. The third-order valence-electron chi connectivity index (χ3n) is 1.66. The number of methoxy groups -OCH3 is 1. The Labute approximate surface area is 81.4 Å². The zero-order valence-electron chi connectivity index (χ0n) is 7.83. The number of carbonyl (C=O) groups excluding carboxylic acids is 1. The van der Waals surface area contributed by atoms with E-state index in [0.717, 1.165) is 0 Å². The maximum absolute atomic E-state index is 11.8. The highest BCUT2D eigenvalue weighted by molar-refractivity contribution is 5.76. The summed E-state index contributed by atoms with van der Waals surface area (Å²) < 4.78 is 21.9. The minimum atomic E-state index is -0.557. The molecule has 4 heteroatoms. The number of hydrogen-bond donors (Lipinski definition) is 0. The van der Waals surface area contributed by atoms with Gasteiger partial charge in [-0.25, -0.2) is 4.39 Å². The van der Waals surface area contributed by atoms with Crippen LogP contribution < -0.4 is 9.47 Å². The summed E-state index contributed by atoms with van der Waals surface area (Å²) in [4.78, 5) is 10.4. The molecule has 0 amide bonds. The second kappa shape index (κ2) is 5.21. The van der Waals surface area contributed by atoms with Crippen LogP contribution in [0.3, 0.4) is 0 Å². The van der Waals surface area contributed by atoms with E-state index in [1.54, 1.807) is 18.2 Å². The van der Waals surface area contributed by atoms with Crippen LogP contribution in [0.25, 0.3) is 0 Å². The van der Waals surface area contributed by atoms with Crippen LogP contribution in [-0.2, 0) is 0 Å². The number of benzene rings is 1. The van der Waals surface area contributed by atoms with Gasteiger partial charge in [0.2, 0.25) is 0 Å². The molecule has 0 aliphatic rings. The molecule has 1 aromatic rings.